The van der Waals surface area contributed by atoms with E-state index in [-0.39, 0.29) is 18.2 Å². The van der Waals surface area contributed by atoms with Gasteiger partial charge in [0.2, 0.25) is 17.7 Å². The van der Waals surface area contributed by atoms with Crippen LogP contribution in [-0.2, 0) is 27.4 Å². The molecule has 3 rings (SSSR count). The number of nitrogens with one attached hydrogen (secondary N) is 2. The number of hydrogen-bond acceptors (Lipinski definition) is 5. The van der Waals surface area contributed by atoms with Crippen LogP contribution in [0.5, 0.6) is 5.75 Å². The van der Waals surface area contributed by atoms with Crippen molar-refractivity contribution in [2.24, 2.45) is 11.7 Å². The zero-order valence-electron chi connectivity index (χ0n) is 21.8. The van der Waals surface area contributed by atoms with Gasteiger partial charge in [0.05, 0.1) is 0 Å². The minimum absolute atomic E-state index is 0.134. The third kappa shape index (κ3) is 10.2. The lowest BCUT2D eigenvalue weighted by molar-refractivity contribution is -0.129. The molecule has 1 fully saturated rings. The molecule has 200 valence electrons. The van der Waals surface area contributed by atoms with Crippen molar-refractivity contribution in [1.82, 2.24) is 15.5 Å². The molecule has 2 unspecified atom stereocenters. The van der Waals surface area contributed by atoms with Gasteiger partial charge in [0.25, 0.3) is 0 Å². The molecular formula is C29H40N4O4. The Bertz CT molecular complexity index is 991. The molecule has 8 nitrogen and oxygen atoms in total. The first kappa shape index (κ1) is 28.2. The lowest BCUT2D eigenvalue weighted by Gasteiger charge is -2.20. The van der Waals surface area contributed by atoms with Gasteiger partial charge in [-0.3, -0.25) is 14.4 Å². The Balaban J connectivity index is 1.54. The number of carbonyl (C=O) groups is 3. The van der Waals surface area contributed by atoms with E-state index in [0.29, 0.717) is 26.0 Å². The smallest absolute Gasteiger partial charge is 0.242 e. The van der Waals surface area contributed by atoms with Crippen LogP contribution in [0.1, 0.15) is 50.2 Å². The number of rotatable bonds is 15. The average molecular weight is 509 g/mol. The van der Waals surface area contributed by atoms with Gasteiger partial charge in [-0.15, -0.1) is 0 Å². The number of nitrogens with two attached hydrogens (primary N) is 1. The van der Waals surface area contributed by atoms with Crippen LogP contribution in [0.4, 0.5) is 0 Å². The second-order valence-electron chi connectivity index (χ2n) is 9.78. The van der Waals surface area contributed by atoms with Gasteiger partial charge in [0, 0.05) is 25.3 Å². The van der Waals surface area contributed by atoms with Crippen molar-refractivity contribution in [2.75, 3.05) is 26.2 Å². The molecule has 8 heteroatoms. The van der Waals surface area contributed by atoms with Crippen LogP contribution in [0.25, 0.3) is 0 Å². The number of ether oxygens (including phenoxy) is 1. The molecule has 1 heterocycles. The van der Waals surface area contributed by atoms with Gasteiger partial charge in [0.15, 0.2) is 0 Å². The number of benzene rings is 2. The SMILES string of the molecule is CC(CCC(=O)NC(Cc1ccc(OCc2ccccc2)cc1)C(=O)NCCCN1CCCC1)C(N)=O. The molecule has 2 aromatic rings. The maximum atomic E-state index is 13.0. The van der Waals surface area contributed by atoms with E-state index < -0.39 is 17.9 Å². The molecule has 1 aliphatic heterocycles. The lowest BCUT2D eigenvalue weighted by atomic mass is 10.0. The normalized spacial score (nSPS) is 15.1. The first-order chi connectivity index (χ1) is 17.9. The molecule has 2 atom stereocenters. The summed E-state index contributed by atoms with van der Waals surface area (Å²) in [4.78, 5) is 39.3. The van der Waals surface area contributed by atoms with Crippen LogP contribution in [-0.4, -0.2) is 54.8 Å². The van der Waals surface area contributed by atoms with E-state index >= 15 is 0 Å². The summed E-state index contributed by atoms with van der Waals surface area (Å²) in [6, 6.07) is 16.8. The van der Waals surface area contributed by atoms with Crippen molar-refractivity contribution in [2.45, 2.75) is 58.1 Å². The van der Waals surface area contributed by atoms with Crippen LogP contribution in [0.2, 0.25) is 0 Å². The van der Waals surface area contributed by atoms with Gasteiger partial charge in [-0.2, -0.15) is 0 Å². The number of carbonyl (C=O) groups excluding carboxylic acids is 3. The molecule has 1 saturated heterocycles. The summed E-state index contributed by atoms with van der Waals surface area (Å²) in [5.41, 5.74) is 7.30. The molecule has 2 aromatic carbocycles. The second-order valence-corrected chi connectivity index (χ2v) is 9.78. The Morgan fingerprint density at radius 3 is 2.38 bits per heavy atom. The molecule has 0 aromatic heterocycles. The van der Waals surface area contributed by atoms with Crippen molar-refractivity contribution < 1.29 is 19.1 Å². The quantitative estimate of drug-likeness (QED) is 0.320. The van der Waals surface area contributed by atoms with Gasteiger partial charge >= 0.3 is 0 Å². The van der Waals surface area contributed by atoms with Crippen LogP contribution in [0.15, 0.2) is 54.6 Å². The zero-order chi connectivity index (χ0) is 26.5. The predicted molar refractivity (Wildman–Crippen MR) is 144 cm³/mol. The van der Waals surface area contributed by atoms with E-state index in [1.807, 2.05) is 54.6 Å². The number of likely N-dealkylation sites (tertiary alicyclic amines) is 1. The summed E-state index contributed by atoms with van der Waals surface area (Å²) < 4.78 is 5.85. The van der Waals surface area contributed by atoms with Crippen molar-refractivity contribution in [3.8, 4) is 5.75 Å². The van der Waals surface area contributed by atoms with Crippen molar-refractivity contribution in [3.05, 3.63) is 65.7 Å². The van der Waals surface area contributed by atoms with Gasteiger partial charge in [-0.1, -0.05) is 49.4 Å². The van der Waals surface area contributed by atoms with Crippen LogP contribution in [0, 0.1) is 5.92 Å². The number of nitrogens with zero attached hydrogens (tertiary/aromatic N) is 1. The van der Waals surface area contributed by atoms with E-state index in [4.69, 9.17) is 10.5 Å². The summed E-state index contributed by atoms with van der Waals surface area (Å²) >= 11 is 0. The van der Waals surface area contributed by atoms with Gasteiger partial charge in [-0.05, 0) is 68.6 Å². The topological polar surface area (TPSA) is 114 Å². The second kappa shape index (κ2) is 15.0. The molecule has 37 heavy (non-hydrogen) atoms. The molecule has 0 aliphatic carbocycles. The number of hydrogen-bond donors (Lipinski definition) is 3. The van der Waals surface area contributed by atoms with E-state index in [1.165, 1.54) is 12.8 Å². The molecule has 0 radical (unpaired) electrons. The molecule has 0 bridgehead atoms. The average Bonchev–Trinajstić information content (AvgIpc) is 3.43. The highest BCUT2D eigenvalue weighted by Gasteiger charge is 2.22. The first-order valence-electron chi connectivity index (χ1n) is 13.2. The lowest BCUT2D eigenvalue weighted by Crippen LogP contribution is -2.48. The molecule has 1 aliphatic rings. The minimum Gasteiger partial charge on any atom is -0.489 e. The molecule has 3 amide bonds. The molecule has 0 saturated carbocycles. The van der Waals surface area contributed by atoms with Crippen LogP contribution in [0.3, 0.4) is 0 Å². The Morgan fingerprint density at radius 2 is 1.70 bits per heavy atom. The summed E-state index contributed by atoms with van der Waals surface area (Å²) in [6.07, 6.45) is 4.19. The third-order valence-electron chi connectivity index (χ3n) is 6.70. The Hall–Kier alpha value is -3.39. The first-order valence-corrected chi connectivity index (χ1v) is 13.2. The monoisotopic (exact) mass is 508 g/mol. The highest BCUT2D eigenvalue weighted by atomic mass is 16.5. The number of amides is 3. The Morgan fingerprint density at radius 1 is 1.00 bits per heavy atom. The van der Waals surface area contributed by atoms with Gasteiger partial charge in [-0.25, -0.2) is 0 Å². The minimum atomic E-state index is -0.709. The Labute approximate surface area is 219 Å². The van der Waals surface area contributed by atoms with E-state index in [1.54, 1.807) is 6.92 Å². The van der Waals surface area contributed by atoms with Crippen molar-refractivity contribution >= 4 is 17.7 Å². The zero-order valence-corrected chi connectivity index (χ0v) is 21.8. The molecule has 0 spiro atoms. The van der Waals surface area contributed by atoms with E-state index in [0.717, 1.165) is 42.9 Å². The Kier molecular flexibility index (Phi) is 11.4. The maximum absolute atomic E-state index is 13.0. The highest BCUT2D eigenvalue weighted by molar-refractivity contribution is 5.88. The van der Waals surface area contributed by atoms with Crippen molar-refractivity contribution in [3.63, 3.8) is 0 Å². The molecule has 4 N–H and O–H groups in total. The fourth-order valence-corrected chi connectivity index (χ4v) is 4.31. The fraction of sp³-hybridized carbons (Fsp3) is 0.483. The highest BCUT2D eigenvalue weighted by Crippen LogP contribution is 2.16. The standard InChI is InChI=1S/C29H40N4O4/c1-22(28(30)35)10-15-27(34)32-26(29(36)31-16-7-19-33-17-5-6-18-33)20-23-11-13-25(14-12-23)37-21-24-8-3-2-4-9-24/h2-4,8-9,11-14,22,26H,5-7,10,15-21H2,1H3,(H2,30,35)(H,31,36)(H,32,34). The van der Waals surface area contributed by atoms with Gasteiger partial charge < -0.3 is 26.0 Å². The maximum Gasteiger partial charge on any atom is 0.242 e. The van der Waals surface area contributed by atoms with E-state index in [2.05, 4.69) is 15.5 Å². The van der Waals surface area contributed by atoms with E-state index in [9.17, 15) is 14.4 Å². The van der Waals surface area contributed by atoms with Crippen LogP contribution >= 0.6 is 0 Å². The summed E-state index contributed by atoms with van der Waals surface area (Å²) in [5, 5.41) is 5.84. The summed E-state index contributed by atoms with van der Waals surface area (Å²) in [6.45, 7) is 5.95. The van der Waals surface area contributed by atoms with Crippen LogP contribution < -0.4 is 21.1 Å². The third-order valence-corrected chi connectivity index (χ3v) is 6.70. The van der Waals surface area contributed by atoms with Crippen molar-refractivity contribution in [1.29, 1.82) is 0 Å². The molecular weight excluding hydrogens is 468 g/mol. The fourth-order valence-electron chi connectivity index (χ4n) is 4.31. The van der Waals surface area contributed by atoms with Gasteiger partial charge in [0.1, 0.15) is 18.4 Å². The predicted octanol–water partition coefficient (Wildman–Crippen LogP) is 2.80. The summed E-state index contributed by atoms with van der Waals surface area (Å²) in [7, 11) is 0. The number of primary amides is 1. The largest absolute Gasteiger partial charge is 0.489 e. The summed E-state index contributed by atoms with van der Waals surface area (Å²) in [5.74, 6) is -0.572.